The first kappa shape index (κ1) is 18.2. The van der Waals surface area contributed by atoms with Gasteiger partial charge in [0.2, 0.25) is 0 Å². The summed E-state index contributed by atoms with van der Waals surface area (Å²) in [5.41, 5.74) is 3.19. The van der Waals surface area contributed by atoms with Gasteiger partial charge in [-0.2, -0.15) is 0 Å². The highest BCUT2D eigenvalue weighted by molar-refractivity contribution is 6.35. The normalized spacial score (nSPS) is 18.9. The second kappa shape index (κ2) is 7.34. The predicted octanol–water partition coefficient (Wildman–Crippen LogP) is 3.87. The maximum absolute atomic E-state index is 12.8. The van der Waals surface area contributed by atoms with E-state index in [1.54, 1.807) is 43.3 Å². The summed E-state index contributed by atoms with van der Waals surface area (Å²) in [7, 11) is 3.31. The molecule has 0 saturated heterocycles. The Bertz CT molecular complexity index is 792. The average molecular weight is 380 g/mol. The zero-order chi connectivity index (χ0) is 18.1. The predicted molar refractivity (Wildman–Crippen MR) is 98.2 cm³/mol. The van der Waals surface area contributed by atoms with E-state index in [-0.39, 0.29) is 5.91 Å². The highest BCUT2D eigenvalue weighted by Crippen LogP contribution is 2.41. The van der Waals surface area contributed by atoms with Crippen LogP contribution >= 0.6 is 23.2 Å². The van der Waals surface area contributed by atoms with Crippen molar-refractivity contribution in [3.63, 3.8) is 0 Å². The van der Waals surface area contributed by atoms with E-state index in [9.17, 15) is 9.90 Å². The van der Waals surface area contributed by atoms with Crippen molar-refractivity contribution in [3.8, 4) is 0 Å². The standard InChI is InChI=1S/C19H19Cl2NO3/c1-22(19(24)12-5-3-11(4-6-12)10-25-2)18-15-7-13(20)8-16(21)14(15)9-17(18)23/h3-8,17-18,23H,9-10H2,1-2H3/t17-,18-/m1/s1. The summed E-state index contributed by atoms with van der Waals surface area (Å²) >= 11 is 12.4. The van der Waals surface area contributed by atoms with Crippen LogP contribution in [-0.2, 0) is 17.8 Å². The molecule has 2 atom stereocenters. The molecule has 1 N–H and O–H groups in total. The fourth-order valence-corrected chi connectivity index (χ4v) is 3.92. The summed E-state index contributed by atoms with van der Waals surface area (Å²) < 4.78 is 5.08. The van der Waals surface area contributed by atoms with Gasteiger partial charge in [-0.25, -0.2) is 0 Å². The van der Waals surface area contributed by atoms with Crippen molar-refractivity contribution in [3.05, 3.63) is 68.7 Å². The molecular weight excluding hydrogens is 361 g/mol. The molecule has 0 aliphatic heterocycles. The molecule has 0 fully saturated rings. The molecule has 0 aromatic heterocycles. The Kier molecular flexibility index (Phi) is 5.35. The first-order valence-corrected chi connectivity index (χ1v) is 8.69. The molecule has 25 heavy (non-hydrogen) atoms. The van der Waals surface area contributed by atoms with Crippen molar-refractivity contribution >= 4 is 29.1 Å². The molecule has 6 heteroatoms. The smallest absolute Gasteiger partial charge is 0.254 e. The van der Waals surface area contributed by atoms with Gasteiger partial charge in [0.1, 0.15) is 0 Å². The average Bonchev–Trinajstić information content (AvgIpc) is 2.91. The van der Waals surface area contributed by atoms with Crippen LogP contribution in [0.2, 0.25) is 10.0 Å². The SMILES string of the molecule is COCc1ccc(C(=O)N(C)[C@@H]2c3cc(Cl)cc(Cl)c3C[C@H]2O)cc1. The van der Waals surface area contributed by atoms with Gasteiger partial charge in [0.05, 0.1) is 18.8 Å². The monoisotopic (exact) mass is 379 g/mol. The number of aliphatic hydroxyl groups excluding tert-OH is 1. The number of methoxy groups -OCH3 is 1. The molecule has 1 aliphatic carbocycles. The van der Waals surface area contributed by atoms with Crippen LogP contribution < -0.4 is 0 Å². The fraction of sp³-hybridized carbons (Fsp3) is 0.316. The third-order valence-corrected chi connectivity index (χ3v) is 5.10. The summed E-state index contributed by atoms with van der Waals surface area (Å²) in [5, 5.41) is 11.5. The number of carbonyl (C=O) groups is 1. The molecule has 0 spiro atoms. The van der Waals surface area contributed by atoms with Gasteiger partial charge in [0.25, 0.3) is 5.91 Å². The van der Waals surface area contributed by atoms with Crippen LogP contribution in [0, 0.1) is 0 Å². The zero-order valence-corrected chi connectivity index (χ0v) is 15.5. The third kappa shape index (κ3) is 3.53. The van der Waals surface area contributed by atoms with E-state index in [4.69, 9.17) is 27.9 Å². The number of benzene rings is 2. The third-order valence-electron chi connectivity index (χ3n) is 4.54. The lowest BCUT2D eigenvalue weighted by Gasteiger charge is -2.28. The minimum absolute atomic E-state index is 0.169. The Balaban J connectivity index is 1.88. The van der Waals surface area contributed by atoms with Gasteiger partial charge in [-0.3, -0.25) is 4.79 Å². The number of amides is 1. The van der Waals surface area contributed by atoms with Crippen molar-refractivity contribution in [1.29, 1.82) is 0 Å². The number of carbonyl (C=O) groups excluding carboxylic acids is 1. The van der Waals surface area contributed by atoms with Gasteiger partial charge in [-0.1, -0.05) is 35.3 Å². The van der Waals surface area contributed by atoms with Crippen LogP contribution in [0.4, 0.5) is 0 Å². The van der Waals surface area contributed by atoms with E-state index in [0.717, 1.165) is 16.7 Å². The van der Waals surface area contributed by atoms with E-state index in [1.807, 2.05) is 12.1 Å². The molecule has 0 heterocycles. The molecule has 0 bridgehead atoms. The number of fused-ring (bicyclic) bond motifs is 1. The maximum atomic E-state index is 12.8. The number of rotatable bonds is 4. The summed E-state index contributed by atoms with van der Waals surface area (Å²) in [6.07, 6.45) is -0.312. The molecule has 132 valence electrons. The Morgan fingerprint density at radius 3 is 2.60 bits per heavy atom. The summed E-state index contributed by atoms with van der Waals surface area (Å²) in [5.74, 6) is -0.169. The van der Waals surface area contributed by atoms with Crippen LogP contribution in [0.3, 0.4) is 0 Å². The number of ether oxygens (including phenoxy) is 1. The van der Waals surface area contributed by atoms with Crippen molar-refractivity contribution in [2.45, 2.75) is 25.2 Å². The number of hydrogen-bond donors (Lipinski definition) is 1. The van der Waals surface area contributed by atoms with E-state index in [2.05, 4.69) is 0 Å². The van der Waals surface area contributed by atoms with Crippen molar-refractivity contribution in [1.82, 2.24) is 4.90 Å². The lowest BCUT2D eigenvalue weighted by Crippen LogP contribution is -2.36. The van der Waals surface area contributed by atoms with Crippen molar-refractivity contribution < 1.29 is 14.6 Å². The topological polar surface area (TPSA) is 49.8 Å². The van der Waals surface area contributed by atoms with Gasteiger partial charge in [-0.15, -0.1) is 0 Å². The number of halogens is 2. The Hall–Kier alpha value is -1.59. The van der Waals surface area contributed by atoms with Gasteiger partial charge in [0.15, 0.2) is 0 Å². The minimum atomic E-state index is -0.715. The quantitative estimate of drug-likeness (QED) is 0.876. The summed E-state index contributed by atoms with van der Waals surface area (Å²) in [6, 6.07) is 10.2. The second-order valence-electron chi connectivity index (χ2n) is 6.22. The van der Waals surface area contributed by atoms with Crippen LogP contribution in [-0.4, -0.2) is 36.2 Å². The maximum Gasteiger partial charge on any atom is 0.254 e. The molecule has 0 radical (unpaired) electrons. The summed E-state index contributed by atoms with van der Waals surface area (Å²) in [4.78, 5) is 14.4. The van der Waals surface area contributed by atoms with Gasteiger partial charge < -0.3 is 14.7 Å². The van der Waals surface area contributed by atoms with Crippen LogP contribution in [0.15, 0.2) is 36.4 Å². The zero-order valence-electron chi connectivity index (χ0n) is 14.0. The summed E-state index contributed by atoms with van der Waals surface area (Å²) in [6.45, 7) is 0.496. The largest absolute Gasteiger partial charge is 0.390 e. The molecule has 0 saturated carbocycles. The van der Waals surface area contributed by atoms with E-state index < -0.39 is 12.1 Å². The van der Waals surface area contributed by atoms with Crippen LogP contribution in [0.1, 0.15) is 33.1 Å². The highest BCUT2D eigenvalue weighted by Gasteiger charge is 2.37. The first-order valence-electron chi connectivity index (χ1n) is 7.93. The molecule has 1 amide bonds. The highest BCUT2D eigenvalue weighted by atomic mass is 35.5. The molecule has 3 rings (SSSR count). The number of likely N-dealkylation sites (N-methyl/N-ethyl adjacent to an activating group) is 1. The van der Waals surface area contributed by atoms with E-state index in [1.165, 1.54) is 0 Å². The Morgan fingerprint density at radius 1 is 1.28 bits per heavy atom. The van der Waals surface area contributed by atoms with Gasteiger partial charge in [-0.05, 0) is 41.0 Å². The molecule has 2 aromatic rings. The minimum Gasteiger partial charge on any atom is -0.390 e. The molecule has 0 unspecified atom stereocenters. The molecule has 1 aliphatic rings. The molecule has 2 aromatic carbocycles. The fourth-order valence-electron chi connectivity index (χ4n) is 3.34. The number of hydrogen-bond acceptors (Lipinski definition) is 3. The Labute approximate surface area is 156 Å². The van der Waals surface area contributed by atoms with E-state index >= 15 is 0 Å². The van der Waals surface area contributed by atoms with Crippen LogP contribution in [0.5, 0.6) is 0 Å². The van der Waals surface area contributed by atoms with Gasteiger partial charge >= 0.3 is 0 Å². The molecular formula is C19H19Cl2NO3. The van der Waals surface area contributed by atoms with Gasteiger partial charge in [0, 0.05) is 36.2 Å². The molecule has 4 nitrogen and oxygen atoms in total. The number of nitrogens with zero attached hydrogens (tertiary/aromatic N) is 1. The number of aliphatic hydroxyl groups is 1. The Morgan fingerprint density at radius 2 is 1.96 bits per heavy atom. The van der Waals surface area contributed by atoms with E-state index in [0.29, 0.717) is 28.6 Å². The lowest BCUT2D eigenvalue weighted by molar-refractivity contribution is 0.0497. The van der Waals surface area contributed by atoms with Crippen LogP contribution in [0.25, 0.3) is 0 Å². The first-order chi connectivity index (χ1) is 11.9. The lowest BCUT2D eigenvalue weighted by atomic mass is 10.0. The second-order valence-corrected chi connectivity index (χ2v) is 7.06. The van der Waals surface area contributed by atoms with Crippen molar-refractivity contribution in [2.24, 2.45) is 0 Å². The van der Waals surface area contributed by atoms with Crippen molar-refractivity contribution in [2.75, 3.05) is 14.2 Å².